The number of carbonyl (C=O) groups is 1. The van der Waals surface area contributed by atoms with Crippen LogP contribution in [0.25, 0.3) is 0 Å². The van der Waals surface area contributed by atoms with Gasteiger partial charge in [-0.15, -0.1) is 0 Å². The lowest BCUT2D eigenvalue weighted by Crippen LogP contribution is -2.06. The zero-order valence-corrected chi connectivity index (χ0v) is 9.81. The second-order valence-corrected chi connectivity index (χ2v) is 3.85. The van der Waals surface area contributed by atoms with Crippen LogP contribution in [0.5, 0.6) is 0 Å². The number of carbonyl (C=O) groups excluding carboxylic acids is 1. The van der Waals surface area contributed by atoms with Crippen LogP contribution in [-0.2, 0) is 17.8 Å². The fraction of sp³-hybridized carbons (Fsp3) is 0.300. The molecule has 76 valence electrons. The third kappa shape index (κ3) is 2.80. The van der Waals surface area contributed by atoms with Gasteiger partial charge >= 0.3 is 0 Å². The molecule has 0 aromatic heterocycles. The molecule has 2 nitrogen and oxygen atoms in total. The lowest BCUT2D eigenvalue weighted by atomic mass is 10.0. The minimum absolute atomic E-state index is 0.0489. The van der Waals surface area contributed by atoms with E-state index in [1.165, 1.54) is 0 Å². The van der Waals surface area contributed by atoms with Gasteiger partial charge in [0.1, 0.15) is 5.78 Å². The fourth-order valence-corrected chi connectivity index (χ4v) is 1.65. The highest BCUT2D eigenvalue weighted by Gasteiger charge is 2.09. The number of aliphatic hydroxyl groups is 1. The molecule has 0 unspecified atom stereocenters. The molecule has 1 aromatic rings. The van der Waals surface area contributed by atoms with Crippen molar-refractivity contribution in [1.82, 2.24) is 0 Å². The molecule has 1 aromatic carbocycles. The molecule has 4 heteroatoms. The molecule has 0 fully saturated rings. The highest BCUT2D eigenvalue weighted by atomic mass is 79.9. The Morgan fingerprint density at radius 1 is 1.50 bits per heavy atom. The maximum absolute atomic E-state index is 11.2. The van der Waals surface area contributed by atoms with Crippen molar-refractivity contribution in [1.29, 1.82) is 0 Å². The molecule has 0 aliphatic heterocycles. The number of halogens is 2. The van der Waals surface area contributed by atoms with Crippen molar-refractivity contribution in [3.63, 3.8) is 0 Å². The Labute approximate surface area is 96.0 Å². The van der Waals surface area contributed by atoms with Crippen molar-refractivity contribution in [3.05, 3.63) is 34.3 Å². The second-order valence-electron chi connectivity index (χ2n) is 2.88. The van der Waals surface area contributed by atoms with Crippen molar-refractivity contribution in [2.24, 2.45) is 0 Å². The average molecular weight is 278 g/mol. The number of hydrogen-bond donors (Lipinski definition) is 1. The molecule has 0 saturated carbocycles. The van der Waals surface area contributed by atoms with Crippen LogP contribution >= 0.6 is 27.5 Å². The third-order valence-corrected chi connectivity index (χ3v) is 2.89. The number of hydrogen-bond acceptors (Lipinski definition) is 2. The zero-order valence-electron chi connectivity index (χ0n) is 7.46. The van der Waals surface area contributed by atoms with Gasteiger partial charge in [-0.25, -0.2) is 0 Å². The van der Waals surface area contributed by atoms with Crippen LogP contribution in [-0.4, -0.2) is 16.2 Å². The molecular weight excluding hydrogens is 267 g/mol. The number of rotatable bonds is 4. The van der Waals surface area contributed by atoms with Gasteiger partial charge in [-0.05, 0) is 17.2 Å². The Balaban J connectivity index is 2.98. The zero-order chi connectivity index (χ0) is 10.6. The van der Waals surface area contributed by atoms with Gasteiger partial charge in [-0.1, -0.05) is 39.7 Å². The summed E-state index contributed by atoms with van der Waals surface area (Å²) in [6.07, 6.45) is 0.265. The summed E-state index contributed by atoms with van der Waals surface area (Å²) in [7, 11) is 0. The maximum atomic E-state index is 11.2. The molecule has 0 spiro atoms. The van der Waals surface area contributed by atoms with Gasteiger partial charge < -0.3 is 5.11 Å². The van der Waals surface area contributed by atoms with Gasteiger partial charge in [-0.3, -0.25) is 4.79 Å². The predicted octanol–water partition coefficient (Wildman–Crippen LogP) is 2.34. The Kier molecular flexibility index (Phi) is 4.58. The van der Waals surface area contributed by atoms with E-state index in [1.54, 1.807) is 18.2 Å². The van der Waals surface area contributed by atoms with Crippen LogP contribution in [0.3, 0.4) is 0 Å². The van der Waals surface area contributed by atoms with E-state index in [9.17, 15) is 4.79 Å². The van der Waals surface area contributed by atoms with E-state index < -0.39 is 0 Å². The molecule has 1 N–H and O–H groups in total. The first-order valence-corrected chi connectivity index (χ1v) is 5.63. The van der Waals surface area contributed by atoms with Crippen LogP contribution < -0.4 is 0 Å². The van der Waals surface area contributed by atoms with Crippen molar-refractivity contribution in [2.45, 2.75) is 13.0 Å². The standard InChI is InChI=1S/C10H10BrClO2/c11-5-8(14)4-9-7(6-13)2-1-3-10(9)12/h1-3,13H,4-6H2. The molecule has 0 bridgehead atoms. The molecular formula is C10H10BrClO2. The van der Waals surface area contributed by atoms with E-state index in [4.69, 9.17) is 16.7 Å². The topological polar surface area (TPSA) is 37.3 Å². The highest BCUT2D eigenvalue weighted by molar-refractivity contribution is 9.09. The molecule has 1 rings (SSSR count). The molecule has 14 heavy (non-hydrogen) atoms. The van der Waals surface area contributed by atoms with Gasteiger partial charge in [0.05, 0.1) is 11.9 Å². The highest BCUT2D eigenvalue weighted by Crippen LogP contribution is 2.21. The minimum atomic E-state index is -0.0918. The number of benzene rings is 1. The Bertz CT molecular complexity index is 339. The summed E-state index contributed by atoms with van der Waals surface area (Å²) in [5.41, 5.74) is 1.44. The molecule has 0 amide bonds. The normalized spacial score (nSPS) is 10.2. The Morgan fingerprint density at radius 3 is 2.79 bits per heavy atom. The molecule has 0 aliphatic rings. The number of Topliss-reactive ketones (excluding diaryl/α,β-unsaturated/α-hetero) is 1. The minimum Gasteiger partial charge on any atom is -0.392 e. The maximum Gasteiger partial charge on any atom is 0.147 e. The average Bonchev–Trinajstić information content (AvgIpc) is 2.20. The first-order chi connectivity index (χ1) is 6.69. The lowest BCUT2D eigenvalue weighted by Gasteiger charge is -2.07. The van der Waals surface area contributed by atoms with Crippen LogP contribution in [0.2, 0.25) is 5.02 Å². The smallest absolute Gasteiger partial charge is 0.147 e. The number of ketones is 1. The largest absolute Gasteiger partial charge is 0.392 e. The summed E-state index contributed by atoms with van der Waals surface area (Å²) in [4.78, 5) is 11.2. The lowest BCUT2D eigenvalue weighted by molar-refractivity contribution is -0.115. The van der Waals surface area contributed by atoms with Crippen LogP contribution in [0.1, 0.15) is 11.1 Å². The van der Waals surface area contributed by atoms with E-state index in [-0.39, 0.29) is 18.8 Å². The number of aliphatic hydroxyl groups excluding tert-OH is 1. The van der Waals surface area contributed by atoms with Gasteiger partial charge in [0.15, 0.2) is 0 Å². The molecule has 0 aliphatic carbocycles. The van der Waals surface area contributed by atoms with Crippen molar-refractivity contribution in [2.75, 3.05) is 5.33 Å². The van der Waals surface area contributed by atoms with Gasteiger partial charge in [0, 0.05) is 11.4 Å². The summed E-state index contributed by atoms with van der Waals surface area (Å²) in [5, 5.41) is 9.89. The molecule has 0 atom stereocenters. The van der Waals surface area contributed by atoms with E-state index >= 15 is 0 Å². The van der Waals surface area contributed by atoms with Crippen molar-refractivity contribution < 1.29 is 9.90 Å². The SMILES string of the molecule is O=C(CBr)Cc1c(Cl)cccc1CO. The molecule has 0 saturated heterocycles. The summed E-state index contributed by atoms with van der Waals surface area (Å²) < 4.78 is 0. The second kappa shape index (κ2) is 5.49. The van der Waals surface area contributed by atoms with E-state index in [0.29, 0.717) is 15.9 Å². The van der Waals surface area contributed by atoms with E-state index in [2.05, 4.69) is 15.9 Å². The van der Waals surface area contributed by atoms with Crippen molar-refractivity contribution >= 4 is 33.3 Å². The van der Waals surface area contributed by atoms with Crippen LogP contribution in [0, 0.1) is 0 Å². The summed E-state index contributed by atoms with van der Waals surface area (Å²) in [6.45, 7) is -0.0918. The van der Waals surface area contributed by atoms with E-state index in [1.807, 2.05) is 0 Å². The van der Waals surface area contributed by atoms with E-state index in [0.717, 1.165) is 5.56 Å². The fourth-order valence-electron chi connectivity index (χ4n) is 1.19. The quantitative estimate of drug-likeness (QED) is 0.858. The monoisotopic (exact) mass is 276 g/mol. The predicted molar refractivity (Wildman–Crippen MR) is 59.9 cm³/mol. The molecule has 0 radical (unpaired) electrons. The van der Waals surface area contributed by atoms with Gasteiger partial charge in [-0.2, -0.15) is 0 Å². The Hall–Kier alpha value is -0.380. The van der Waals surface area contributed by atoms with Crippen LogP contribution in [0.15, 0.2) is 18.2 Å². The number of alkyl halides is 1. The summed E-state index contributed by atoms with van der Waals surface area (Å²) in [6, 6.07) is 5.25. The van der Waals surface area contributed by atoms with Crippen molar-refractivity contribution in [3.8, 4) is 0 Å². The summed E-state index contributed by atoms with van der Waals surface area (Å²) in [5.74, 6) is 0.0489. The first-order valence-electron chi connectivity index (χ1n) is 4.13. The third-order valence-electron chi connectivity index (χ3n) is 1.91. The van der Waals surface area contributed by atoms with Gasteiger partial charge in [0.2, 0.25) is 0 Å². The summed E-state index contributed by atoms with van der Waals surface area (Å²) >= 11 is 9.02. The molecule has 0 heterocycles. The van der Waals surface area contributed by atoms with Crippen LogP contribution in [0.4, 0.5) is 0 Å². The van der Waals surface area contributed by atoms with Gasteiger partial charge in [0.25, 0.3) is 0 Å². The Morgan fingerprint density at radius 2 is 2.21 bits per heavy atom. The first kappa shape index (κ1) is 11.7.